The summed E-state index contributed by atoms with van der Waals surface area (Å²) in [5.41, 5.74) is 0.768. The topological polar surface area (TPSA) is 70.7 Å². The van der Waals surface area contributed by atoms with Crippen molar-refractivity contribution in [2.45, 2.75) is 24.3 Å². The minimum absolute atomic E-state index is 0.118. The van der Waals surface area contributed by atoms with E-state index in [0.717, 1.165) is 10.6 Å². The molecular weight excluding hydrogens is 284 g/mol. The lowest BCUT2D eigenvalue weighted by Gasteiger charge is -2.14. The van der Waals surface area contributed by atoms with Crippen molar-refractivity contribution in [2.24, 2.45) is 0 Å². The average Bonchev–Trinajstić information content (AvgIpc) is 3.02. The number of aromatic nitrogens is 2. The largest absolute Gasteiger partial charge is 0.323 e. The quantitative estimate of drug-likeness (QED) is 0.657. The van der Waals surface area contributed by atoms with Gasteiger partial charge in [-0.1, -0.05) is 12.1 Å². The number of anilines is 1. The zero-order chi connectivity index (χ0) is 15.1. The number of thioether (sulfide) groups is 1. The summed E-state index contributed by atoms with van der Waals surface area (Å²) in [5, 5.41) is 15.6. The molecule has 1 atom stereocenters. The third-order valence-electron chi connectivity index (χ3n) is 2.92. The number of para-hydroxylation sites is 1. The fourth-order valence-electron chi connectivity index (χ4n) is 1.77. The lowest BCUT2D eigenvalue weighted by Crippen LogP contribution is -2.24. The molecular formula is C15H16N4OS. The Morgan fingerprint density at radius 1 is 1.48 bits per heavy atom. The zero-order valence-corrected chi connectivity index (χ0v) is 12.5. The van der Waals surface area contributed by atoms with Crippen LogP contribution in [0.25, 0.3) is 0 Å². The van der Waals surface area contributed by atoms with Crippen molar-refractivity contribution in [3.8, 4) is 6.07 Å². The zero-order valence-electron chi connectivity index (χ0n) is 11.7. The summed E-state index contributed by atoms with van der Waals surface area (Å²) in [5.74, 6) is 0.588. The number of benzene rings is 1. The molecule has 0 saturated heterocycles. The second-order valence-corrected chi connectivity index (χ2v) is 5.54. The maximum absolute atomic E-state index is 12.3. The first kappa shape index (κ1) is 15.1. The van der Waals surface area contributed by atoms with Crippen LogP contribution in [0.4, 0.5) is 5.69 Å². The van der Waals surface area contributed by atoms with E-state index in [1.165, 1.54) is 0 Å². The van der Waals surface area contributed by atoms with E-state index < -0.39 is 0 Å². The first-order chi connectivity index (χ1) is 10.2. The first-order valence-corrected chi connectivity index (χ1v) is 7.59. The Bertz CT molecular complexity index is 633. The van der Waals surface area contributed by atoms with Crippen LogP contribution in [-0.4, -0.2) is 21.4 Å². The molecule has 0 aliphatic rings. The summed E-state index contributed by atoms with van der Waals surface area (Å²) in [6.45, 7) is 1.80. The van der Waals surface area contributed by atoms with E-state index in [1.807, 2.05) is 24.3 Å². The molecule has 2 rings (SSSR count). The van der Waals surface area contributed by atoms with Gasteiger partial charge in [0.15, 0.2) is 0 Å². The maximum atomic E-state index is 12.3. The fourth-order valence-corrected chi connectivity index (χ4v) is 2.63. The summed E-state index contributed by atoms with van der Waals surface area (Å²) >= 11 is 1.56. The third-order valence-corrected chi connectivity index (χ3v) is 3.99. The summed E-state index contributed by atoms with van der Waals surface area (Å²) < 4.78 is 1.61. The number of nitrogens with one attached hydrogen (secondary N) is 1. The van der Waals surface area contributed by atoms with Crippen LogP contribution in [0.15, 0.2) is 47.6 Å². The Hall–Kier alpha value is -2.26. The van der Waals surface area contributed by atoms with Crippen molar-refractivity contribution in [1.82, 2.24) is 9.78 Å². The Morgan fingerprint density at radius 3 is 3.00 bits per heavy atom. The number of carbonyl (C=O) groups is 1. The van der Waals surface area contributed by atoms with E-state index in [-0.39, 0.29) is 11.9 Å². The third kappa shape index (κ3) is 4.10. The number of nitrogens with zero attached hydrogens (tertiary/aromatic N) is 3. The van der Waals surface area contributed by atoms with Gasteiger partial charge in [-0.25, -0.2) is 0 Å². The Kier molecular flexibility index (Phi) is 5.41. The summed E-state index contributed by atoms with van der Waals surface area (Å²) in [7, 11) is 0. The van der Waals surface area contributed by atoms with Gasteiger partial charge in [0.1, 0.15) is 6.04 Å². The van der Waals surface area contributed by atoms with Crippen LogP contribution in [0.1, 0.15) is 19.4 Å². The maximum Gasteiger partial charge on any atom is 0.248 e. The van der Waals surface area contributed by atoms with Gasteiger partial charge in [0, 0.05) is 29.5 Å². The van der Waals surface area contributed by atoms with Crippen LogP contribution in [0.5, 0.6) is 0 Å². The molecule has 0 radical (unpaired) electrons. The van der Waals surface area contributed by atoms with Gasteiger partial charge < -0.3 is 5.32 Å². The second kappa shape index (κ2) is 7.50. The molecule has 1 aromatic heterocycles. The monoisotopic (exact) mass is 300 g/mol. The number of hydrogen-bond acceptors (Lipinski definition) is 4. The standard InChI is InChI=1S/C15H16N4OS/c1-12(19-10-5-9-17-19)15(20)18-13-6-2-3-7-14(13)21-11-4-8-16/h2-3,5-7,9-10,12H,4,11H2,1H3,(H,18,20). The number of rotatable bonds is 6. The average molecular weight is 300 g/mol. The van der Waals surface area contributed by atoms with Crippen molar-refractivity contribution >= 4 is 23.4 Å². The summed E-state index contributed by atoms with van der Waals surface area (Å²) in [4.78, 5) is 13.2. The molecule has 1 unspecified atom stereocenters. The molecule has 0 aliphatic carbocycles. The van der Waals surface area contributed by atoms with E-state index in [4.69, 9.17) is 5.26 Å². The van der Waals surface area contributed by atoms with Gasteiger partial charge in [-0.2, -0.15) is 10.4 Å². The number of hydrogen-bond donors (Lipinski definition) is 1. The summed E-state index contributed by atoms with van der Waals surface area (Å²) in [6, 6.07) is 11.1. The highest BCUT2D eigenvalue weighted by molar-refractivity contribution is 7.99. The van der Waals surface area contributed by atoms with Gasteiger partial charge in [-0.05, 0) is 25.1 Å². The molecule has 0 fully saturated rings. The molecule has 21 heavy (non-hydrogen) atoms. The second-order valence-electron chi connectivity index (χ2n) is 4.40. The molecule has 1 amide bonds. The van der Waals surface area contributed by atoms with E-state index in [9.17, 15) is 4.79 Å². The van der Waals surface area contributed by atoms with Crippen molar-refractivity contribution in [1.29, 1.82) is 5.26 Å². The van der Waals surface area contributed by atoms with E-state index >= 15 is 0 Å². The smallest absolute Gasteiger partial charge is 0.248 e. The minimum Gasteiger partial charge on any atom is -0.323 e. The van der Waals surface area contributed by atoms with Gasteiger partial charge in [0.2, 0.25) is 5.91 Å². The predicted molar refractivity (Wildman–Crippen MR) is 83.0 cm³/mol. The lowest BCUT2D eigenvalue weighted by atomic mass is 10.2. The Morgan fingerprint density at radius 2 is 2.29 bits per heavy atom. The molecule has 108 valence electrons. The molecule has 0 spiro atoms. The van der Waals surface area contributed by atoms with E-state index in [2.05, 4.69) is 16.5 Å². The number of nitriles is 1. The molecule has 1 heterocycles. The van der Waals surface area contributed by atoms with Gasteiger partial charge >= 0.3 is 0 Å². The first-order valence-electron chi connectivity index (χ1n) is 6.61. The van der Waals surface area contributed by atoms with E-state index in [0.29, 0.717) is 12.2 Å². The van der Waals surface area contributed by atoms with Crippen LogP contribution in [0.2, 0.25) is 0 Å². The van der Waals surface area contributed by atoms with Crippen LogP contribution in [-0.2, 0) is 4.79 Å². The van der Waals surface area contributed by atoms with Gasteiger partial charge in [0.05, 0.1) is 11.8 Å². The molecule has 0 aliphatic heterocycles. The van der Waals surface area contributed by atoms with Gasteiger partial charge in [-0.3, -0.25) is 9.48 Å². The normalized spacial score (nSPS) is 11.6. The molecule has 0 bridgehead atoms. The van der Waals surface area contributed by atoms with Gasteiger partial charge in [0.25, 0.3) is 0 Å². The SMILES string of the molecule is CC(C(=O)Nc1ccccc1SCCC#N)n1cccn1. The molecule has 5 nitrogen and oxygen atoms in total. The number of carbonyl (C=O) groups excluding carboxylic acids is 1. The highest BCUT2D eigenvalue weighted by atomic mass is 32.2. The minimum atomic E-state index is -0.378. The number of amides is 1. The Balaban J connectivity index is 2.05. The predicted octanol–water partition coefficient (Wildman–Crippen LogP) is 3.09. The highest BCUT2D eigenvalue weighted by Crippen LogP contribution is 2.27. The fraction of sp³-hybridized carbons (Fsp3) is 0.267. The van der Waals surface area contributed by atoms with Crippen LogP contribution >= 0.6 is 11.8 Å². The lowest BCUT2D eigenvalue weighted by molar-refractivity contribution is -0.119. The molecule has 6 heteroatoms. The van der Waals surface area contributed by atoms with Crippen LogP contribution < -0.4 is 5.32 Å². The molecule has 2 aromatic rings. The Labute approximate surface area is 128 Å². The van der Waals surface area contributed by atoms with Crippen molar-refractivity contribution in [3.63, 3.8) is 0 Å². The van der Waals surface area contributed by atoms with Crippen molar-refractivity contribution in [2.75, 3.05) is 11.1 Å². The molecule has 0 saturated carbocycles. The van der Waals surface area contributed by atoms with Crippen LogP contribution in [0, 0.1) is 11.3 Å². The summed E-state index contributed by atoms with van der Waals surface area (Å²) in [6.07, 6.45) is 3.89. The van der Waals surface area contributed by atoms with Gasteiger partial charge in [-0.15, -0.1) is 11.8 Å². The van der Waals surface area contributed by atoms with E-state index in [1.54, 1.807) is 41.8 Å². The van der Waals surface area contributed by atoms with Crippen molar-refractivity contribution in [3.05, 3.63) is 42.7 Å². The highest BCUT2D eigenvalue weighted by Gasteiger charge is 2.16. The molecule has 1 aromatic carbocycles. The van der Waals surface area contributed by atoms with Crippen molar-refractivity contribution < 1.29 is 4.79 Å². The molecule has 1 N–H and O–H groups in total. The van der Waals surface area contributed by atoms with Crippen LogP contribution in [0.3, 0.4) is 0 Å².